The second-order valence-corrected chi connectivity index (χ2v) is 7.46. The van der Waals surface area contributed by atoms with Gasteiger partial charge in [-0.15, -0.1) is 5.10 Å². The molecule has 3 aromatic rings. The number of fused-ring (bicyclic) bond motifs is 1. The van der Waals surface area contributed by atoms with Crippen molar-refractivity contribution < 1.29 is 4.79 Å². The van der Waals surface area contributed by atoms with Gasteiger partial charge in [0.15, 0.2) is 0 Å². The quantitative estimate of drug-likeness (QED) is 0.724. The highest BCUT2D eigenvalue weighted by Crippen LogP contribution is 2.38. The largest absolute Gasteiger partial charge is 0.339 e. The maximum atomic E-state index is 12.9. The van der Waals surface area contributed by atoms with E-state index in [1.807, 2.05) is 34.0 Å². The van der Waals surface area contributed by atoms with Crippen LogP contribution in [0, 0.1) is 5.92 Å². The molecule has 0 atom stereocenters. The number of carbonyl (C=O) groups is 1. The molecule has 0 N–H and O–H groups in total. The van der Waals surface area contributed by atoms with Crippen LogP contribution in [0.1, 0.15) is 47.7 Å². The van der Waals surface area contributed by atoms with Gasteiger partial charge in [-0.3, -0.25) is 9.48 Å². The van der Waals surface area contributed by atoms with Gasteiger partial charge in [-0.05, 0) is 43.7 Å². The summed E-state index contributed by atoms with van der Waals surface area (Å²) in [7, 11) is 0. The Hall–Kier alpha value is -2.70. The number of nitrogens with zero attached hydrogens (tertiary/aromatic N) is 6. The van der Waals surface area contributed by atoms with Crippen molar-refractivity contribution in [1.29, 1.82) is 0 Å². The van der Waals surface area contributed by atoms with Crippen LogP contribution >= 0.6 is 0 Å². The van der Waals surface area contributed by atoms with Gasteiger partial charge < -0.3 is 4.90 Å². The predicted molar refractivity (Wildman–Crippen MR) is 95.8 cm³/mol. The first-order valence-corrected chi connectivity index (χ1v) is 9.39. The fourth-order valence-electron chi connectivity index (χ4n) is 3.82. The second-order valence-electron chi connectivity index (χ2n) is 7.46. The zero-order chi connectivity index (χ0) is 17.5. The number of rotatable bonds is 4. The SMILES string of the molecule is O=C(c1cnn2ccccc12)N1CCC(Cn2cc(C3CC3)nn2)CC1. The summed E-state index contributed by atoms with van der Waals surface area (Å²) in [6.45, 7) is 2.48. The van der Waals surface area contributed by atoms with Crippen molar-refractivity contribution in [1.82, 2.24) is 29.5 Å². The van der Waals surface area contributed by atoms with Crippen molar-refractivity contribution in [3.8, 4) is 0 Å². The van der Waals surface area contributed by atoms with E-state index in [4.69, 9.17) is 0 Å². The molecule has 0 bridgehead atoms. The maximum absolute atomic E-state index is 12.9. The zero-order valence-electron chi connectivity index (χ0n) is 14.7. The van der Waals surface area contributed by atoms with E-state index >= 15 is 0 Å². The maximum Gasteiger partial charge on any atom is 0.257 e. The Balaban J connectivity index is 1.21. The summed E-state index contributed by atoms with van der Waals surface area (Å²) in [5.74, 6) is 1.28. The van der Waals surface area contributed by atoms with Gasteiger partial charge in [-0.25, -0.2) is 4.52 Å². The third-order valence-corrected chi connectivity index (χ3v) is 5.56. The summed E-state index contributed by atoms with van der Waals surface area (Å²) in [4.78, 5) is 14.8. The van der Waals surface area contributed by atoms with E-state index < -0.39 is 0 Å². The number of likely N-dealkylation sites (tertiary alicyclic amines) is 1. The summed E-state index contributed by atoms with van der Waals surface area (Å²) in [6.07, 6.45) is 10.2. The van der Waals surface area contributed by atoms with Gasteiger partial charge in [0, 0.05) is 37.9 Å². The molecule has 1 aliphatic heterocycles. The van der Waals surface area contributed by atoms with E-state index in [1.165, 1.54) is 12.8 Å². The first kappa shape index (κ1) is 15.5. The molecule has 5 rings (SSSR count). The van der Waals surface area contributed by atoms with E-state index in [0.29, 0.717) is 17.4 Å². The monoisotopic (exact) mass is 350 g/mol. The van der Waals surface area contributed by atoms with E-state index in [2.05, 4.69) is 21.6 Å². The molecule has 1 saturated carbocycles. The van der Waals surface area contributed by atoms with E-state index in [0.717, 1.165) is 43.7 Å². The third-order valence-electron chi connectivity index (χ3n) is 5.56. The molecule has 4 heterocycles. The predicted octanol–water partition coefficient (Wildman–Crippen LogP) is 2.36. The van der Waals surface area contributed by atoms with Crippen LogP contribution in [0.2, 0.25) is 0 Å². The average molecular weight is 350 g/mol. The first-order chi connectivity index (χ1) is 12.8. The van der Waals surface area contributed by atoms with Crippen molar-refractivity contribution in [3.05, 3.63) is 48.0 Å². The molecule has 0 unspecified atom stereocenters. The number of pyridine rings is 1. The molecular formula is C19H22N6O. The molecule has 1 amide bonds. The van der Waals surface area contributed by atoms with Crippen molar-refractivity contribution in [2.24, 2.45) is 5.92 Å². The molecule has 2 fully saturated rings. The van der Waals surface area contributed by atoms with Gasteiger partial charge in [0.25, 0.3) is 5.91 Å². The standard InChI is InChI=1S/C19H22N6O/c26-19(16-11-20-25-8-2-1-3-18(16)25)23-9-6-14(7-10-23)12-24-13-17(21-22-24)15-4-5-15/h1-3,8,11,13-15H,4-7,9-10,12H2. The van der Waals surface area contributed by atoms with Crippen molar-refractivity contribution in [2.45, 2.75) is 38.1 Å². The normalized spacial score (nSPS) is 18.5. The van der Waals surface area contributed by atoms with Crippen LogP contribution in [0.25, 0.3) is 5.52 Å². The minimum Gasteiger partial charge on any atom is -0.339 e. The first-order valence-electron chi connectivity index (χ1n) is 9.39. The zero-order valence-corrected chi connectivity index (χ0v) is 14.7. The van der Waals surface area contributed by atoms with Gasteiger partial charge in [0.1, 0.15) is 0 Å². The molecule has 2 aliphatic rings. The Morgan fingerprint density at radius 2 is 2.00 bits per heavy atom. The van der Waals surface area contributed by atoms with E-state index in [-0.39, 0.29) is 5.91 Å². The van der Waals surface area contributed by atoms with Gasteiger partial charge in [-0.1, -0.05) is 11.3 Å². The number of hydrogen-bond acceptors (Lipinski definition) is 4. The van der Waals surface area contributed by atoms with E-state index in [9.17, 15) is 4.79 Å². The Bertz CT molecular complexity index is 932. The number of carbonyl (C=O) groups excluding carboxylic acids is 1. The smallest absolute Gasteiger partial charge is 0.257 e. The Labute approximate surface area is 151 Å². The van der Waals surface area contributed by atoms with Crippen LogP contribution in [0.4, 0.5) is 0 Å². The molecule has 0 aromatic carbocycles. The number of amides is 1. The third kappa shape index (κ3) is 2.87. The number of aromatic nitrogens is 5. The molecule has 7 nitrogen and oxygen atoms in total. The summed E-state index contributed by atoms with van der Waals surface area (Å²) < 4.78 is 3.74. The van der Waals surface area contributed by atoms with Crippen LogP contribution in [-0.4, -0.2) is 48.5 Å². The summed E-state index contributed by atoms with van der Waals surface area (Å²) in [5, 5.41) is 12.8. The number of piperidine rings is 1. The van der Waals surface area contributed by atoms with Crippen molar-refractivity contribution in [2.75, 3.05) is 13.1 Å². The topological polar surface area (TPSA) is 68.3 Å². The molecule has 0 radical (unpaired) electrons. The molecule has 3 aromatic heterocycles. The lowest BCUT2D eigenvalue weighted by atomic mass is 9.96. The molecule has 7 heteroatoms. The van der Waals surface area contributed by atoms with Crippen LogP contribution < -0.4 is 0 Å². The molecule has 26 heavy (non-hydrogen) atoms. The number of hydrogen-bond donors (Lipinski definition) is 0. The molecule has 134 valence electrons. The van der Waals surface area contributed by atoms with Crippen LogP contribution in [0.5, 0.6) is 0 Å². The average Bonchev–Trinajstić information content (AvgIpc) is 3.27. The Kier molecular flexibility index (Phi) is 3.72. The minimum absolute atomic E-state index is 0.0847. The second kappa shape index (κ2) is 6.23. The Morgan fingerprint density at radius 1 is 1.15 bits per heavy atom. The van der Waals surface area contributed by atoms with Gasteiger partial charge in [0.05, 0.1) is 23.0 Å². The minimum atomic E-state index is 0.0847. The van der Waals surface area contributed by atoms with Gasteiger partial charge >= 0.3 is 0 Å². The molecule has 1 aliphatic carbocycles. The van der Waals surface area contributed by atoms with Crippen LogP contribution in [0.3, 0.4) is 0 Å². The Morgan fingerprint density at radius 3 is 2.81 bits per heavy atom. The van der Waals surface area contributed by atoms with Crippen LogP contribution in [0.15, 0.2) is 36.8 Å². The van der Waals surface area contributed by atoms with Gasteiger partial charge in [-0.2, -0.15) is 5.10 Å². The highest BCUT2D eigenvalue weighted by Gasteiger charge is 2.28. The fraction of sp³-hybridized carbons (Fsp3) is 0.474. The highest BCUT2D eigenvalue weighted by atomic mass is 16.2. The highest BCUT2D eigenvalue weighted by molar-refractivity contribution is 6.00. The molecule has 0 spiro atoms. The lowest BCUT2D eigenvalue weighted by Crippen LogP contribution is -2.39. The lowest BCUT2D eigenvalue weighted by Gasteiger charge is -2.31. The summed E-state index contributed by atoms with van der Waals surface area (Å²) in [6, 6.07) is 5.79. The fourth-order valence-corrected chi connectivity index (χ4v) is 3.82. The summed E-state index contributed by atoms with van der Waals surface area (Å²) >= 11 is 0. The van der Waals surface area contributed by atoms with Gasteiger partial charge in [0.2, 0.25) is 0 Å². The molecular weight excluding hydrogens is 328 g/mol. The van der Waals surface area contributed by atoms with E-state index in [1.54, 1.807) is 10.7 Å². The van der Waals surface area contributed by atoms with Crippen molar-refractivity contribution >= 4 is 11.4 Å². The summed E-state index contributed by atoms with van der Waals surface area (Å²) in [5.41, 5.74) is 2.70. The van der Waals surface area contributed by atoms with Crippen molar-refractivity contribution in [3.63, 3.8) is 0 Å². The molecule has 1 saturated heterocycles. The van der Waals surface area contributed by atoms with Crippen LogP contribution in [-0.2, 0) is 6.54 Å². The lowest BCUT2D eigenvalue weighted by molar-refractivity contribution is 0.0683.